The molecule has 43 heavy (non-hydrogen) atoms. The number of benzene rings is 1. The van der Waals surface area contributed by atoms with Crippen LogP contribution >= 0.6 is 0 Å². The zero-order chi connectivity index (χ0) is 30.2. The van der Waals surface area contributed by atoms with Crippen LogP contribution in [-0.2, 0) is 13.1 Å². The third-order valence-corrected chi connectivity index (χ3v) is 7.93. The molecule has 9 heteroatoms. The molecule has 0 amide bonds. The van der Waals surface area contributed by atoms with Gasteiger partial charge in [0.05, 0.1) is 17.4 Å². The van der Waals surface area contributed by atoms with Gasteiger partial charge < -0.3 is 24.8 Å². The fourth-order valence-electron chi connectivity index (χ4n) is 5.42. The van der Waals surface area contributed by atoms with E-state index in [1.807, 2.05) is 45.4 Å². The van der Waals surface area contributed by atoms with Crippen LogP contribution in [0.15, 0.2) is 59.8 Å². The highest BCUT2D eigenvalue weighted by Gasteiger charge is 2.26. The second kappa shape index (κ2) is 14.6. The van der Waals surface area contributed by atoms with Crippen molar-refractivity contribution in [1.82, 2.24) is 25.2 Å². The summed E-state index contributed by atoms with van der Waals surface area (Å²) in [5.74, 6) is -0.319. The Bertz CT molecular complexity index is 1560. The predicted octanol–water partition coefficient (Wildman–Crippen LogP) is 5.45. The Balaban J connectivity index is 0.000000235. The van der Waals surface area contributed by atoms with Crippen LogP contribution in [0.2, 0.25) is 0 Å². The lowest BCUT2D eigenvalue weighted by atomic mass is 10.1. The van der Waals surface area contributed by atoms with Crippen LogP contribution in [0, 0.1) is 19.7 Å². The van der Waals surface area contributed by atoms with E-state index in [-0.39, 0.29) is 11.2 Å². The highest BCUT2D eigenvalue weighted by Crippen LogP contribution is 2.38. The minimum absolute atomic E-state index is 0.138. The number of nitrogens with one attached hydrogen (secondary N) is 2. The van der Waals surface area contributed by atoms with Gasteiger partial charge in [0.25, 0.3) is 0 Å². The number of likely N-dealkylation sites (N-methyl/N-ethyl adjacent to an activating group) is 1. The quantitative estimate of drug-likeness (QED) is 0.239. The molecule has 2 fully saturated rings. The van der Waals surface area contributed by atoms with E-state index in [1.165, 1.54) is 44.1 Å². The molecular weight excluding hydrogens is 543 g/mol. The molecule has 1 aromatic carbocycles. The first kappa shape index (κ1) is 30.6. The van der Waals surface area contributed by atoms with E-state index in [1.54, 1.807) is 12.3 Å². The van der Waals surface area contributed by atoms with Gasteiger partial charge in [0, 0.05) is 79.6 Å². The first-order valence-corrected chi connectivity index (χ1v) is 15.4. The number of hydrogen-bond donors (Lipinski definition) is 2. The number of nitrogens with zero attached hydrogens (tertiary/aromatic N) is 4. The van der Waals surface area contributed by atoms with Crippen molar-refractivity contribution in [3.63, 3.8) is 0 Å². The number of fused-ring (bicyclic) bond motifs is 1. The fraction of sp³-hybridized carbons (Fsp3) is 0.441. The summed E-state index contributed by atoms with van der Waals surface area (Å²) >= 11 is 0. The number of ether oxygens (including phenoxy) is 1. The average Bonchev–Trinajstić information content (AvgIpc) is 3.86. The van der Waals surface area contributed by atoms with E-state index in [4.69, 9.17) is 4.74 Å². The number of aromatic nitrogens is 3. The maximum Gasteiger partial charge on any atom is 0.193 e. The summed E-state index contributed by atoms with van der Waals surface area (Å²) in [6.07, 6.45) is 11.9. The van der Waals surface area contributed by atoms with E-state index in [0.717, 1.165) is 35.3 Å². The molecule has 0 bridgehead atoms. The molecule has 1 saturated carbocycles. The zero-order valence-corrected chi connectivity index (χ0v) is 25.5. The molecule has 0 spiro atoms. The molecule has 6 rings (SSSR count). The molecule has 1 aliphatic heterocycles. The smallest absolute Gasteiger partial charge is 0.193 e. The summed E-state index contributed by atoms with van der Waals surface area (Å²) in [6.45, 7) is 8.42. The van der Waals surface area contributed by atoms with Gasteiger partial charge in [-0.05, 0) is 88.9 Å². The molecule has 4 aromatic rings. The molecule has 0 radical (unpaired) electrons. The maximum absolute atomic E-state index is 14.6. The third-order valence-electron chi connectivity index (χ3n) is 7.93. The van der Waals surface area contributed by atoms with E-state index in [2.05, 4.69) is 42.2 Å². The first-order valence-electron chi connectivity index (χ1n) is 15.4. The monoisotopic (exact) mass is 586 g/mol. The SMILES string of the molecule is CNCCOc1cc2c(cc1F)c(=O)c(CNCc1ccnc(C)c1)cn2C1CC1.Cc1ccc(N2CCCCC2)cn1. The van der Waals surface area contributed by atoms with Crippen molar-refractivity contribution in [2.75, 3.05) is 38.2 Å². The Kier molecular flexibility index (Phi) is 10.4. The van der Waals surface area contributed by atoms with Crippen molar-refractivity contribution in [2.45, 2.75) is 65.1 Å². The summed E-state index contributed by atoms with van der Waals surface area (Å²) in [7, 11) is 1.82. The number of rotatable bonds is 10. The number of pyridine rings is 3. The number of aryl methyl sites for hydroxylation is 2. The minimum Gasteiger partial charge on any atom is -0.489 e. The number of hydrogen-bond acceptors (Lipinski definition) is 7. The first-order chi connectivity index (χ1) is 20.9. The van der Waals surface area contributed by atoms with Crippen molar-refractivity contribution in [1.29, 1.82) is 0 Å². The van der Waals surface area contributed by atoms with Gasteiger partial charge in [-0.1, -0.05) is 0 Å². The van der Waals surface area contributed by atoms with Crippen LogP contribution in [-0.4, -0.2) is 47.8 Å². The standard InChI is InChI=1S/C23H27FN4O2.C11H16N2/c1-15-9-16(5-6-27-15)12-26-13-17-14-28(18-3-4-18)21-11-22(30-8-7-25-2)20(24)10-19(21)23(17)29;1-10-5-6-11(9-12-10)13-7-3-2-4-8-13/h5-6,9-11,14,18,25-26H,3-4,7-8,12-13H2,1-2H3;5-6,9H,2-4,7-8H2,1H3. The van der Waals surface area contributed by atoms with Crippen LogP contribution in [0.5, 0.6) is 5.75 Å². The predicted molar refractivity (Wildman–Crippen MR) is 170 cm³/mol. The Morgan fingerprint density at radius 3 is 2.51 bits per heavy atom. The molecule has 0 atom stereocenters. The lowest BCUT2D eigenvalue weighted by molar-refractivity contribution is 0.303. The number of piperidine rings is 1. The normalized spacial score (nSPS) is 14.8. The van der Waals surface area contributed by atoms with Crippen molar-refractivity contribution in [2.24, 2.45) is 0 Å². The van der Waals surface area contributed by atoms with Gasteiger partial charge in [-0.25, -0.2) is 4.39 Å². The molecular formula is C34H43FN6O2. The Morgan fingerprint density at radius 2 is 1.81 bits per heavy atom. The summed E-state index contributed by atoms with van der Waals surface area (Å²) in [5, 5.41) is 6.71. The van der Waals surface area contributed by atoms with Crippen molar-refractivity contribution in [3.05, 3.63) is 93.5 Å². The number of anilines is 1. The minimum atomic E-state index is -0.504. The highest BCUT2D eigenvalue weighted by molar-refractivity contribution is 5.81. The molecule has 228 valence electrons. The molecule has 1 aliphatic carbocycles. The third kappa shape index (κ3) is 8.18. The second-order valence-electron chi connectivity index (χ2n) is 11.5. The van der Waals surface area contributed by atoms with Crippen molar-refractivity contribution in [3.8, 4) is 5.75 Å². The van der Waals surface area contributed by atoms with Crippen LogP contribution in [0.4, 0.5) is 10.1 Å². The molecule has 1 saturated heterocycles. The lowest BCUT2D eigenvalue weighted by Crippen LogP contribution is -2.29. The molecule has 2 aliphatic rings. The second-order valence-corrected chi connectivity index (χ2v) is 11.5. The van der Waals surface area contributed by atoms with E-state index in [0.29, 0.717) is 43.2 Å². The van der Waals surface area contributed by atoms with E-state index >= 15 is 0 Å². The fourth-order valence-corrected chi connectivity index (χ4v) is 5.42. The summed E-state index contributed by atoms with van der Waals surface area (Å²) in [4.78, 5) is 24.0. The van der Waals surface area contributed by atoms with Crippen LogP contribution in [0.3, 0.4) is 0 Å². The lowest BCUT2D eigenvalue weighted by Gasteiger charge is -2.28. The topological polar surface area (TPSA) is 84.3 Å². The van der Waals surface area contributed by atoms with Gasteiger partial charge in [0.15, 0.2) is 17.0 Å². The maximum atomic E-state index is 14.6. The van der Waals surface area contributed by atoms with Crippen molar-refractivity contribution < 1.29 is 9.13 Å². The molecule has 0 unspecified atom stereocenters. The van der Waals surface area contributed by atoms with E-state index in [9.17, 15) is 9.18 Å². The molecule has 2 N–H and O–H groups in total. The Hall–Kier alpha value is -3.82. The largest absolute Gasteiger partial charge is 0.489 e. The van der Waals surface area contributed by atoms with Crippen LogP contribution in [0.25, 0.3) is 10.9 Å². The summed E-state index contributed by atoms with van der Waals surface area (Å²) in [5.41, 5.74) is 5.69. The van der Waals surface area contributed by atoms with Gasteiger partial charge >= 0.3 is 0 Å². The Morgan fingerprint density at radius 1 is 1.00 bits per heavy atom. The van der Waals surface area contributed by atoms with E-state index < -0.39 is 5.82 Å². The van der Waals surface area contributed by atoms with Gasteiger partial charge in [0.2, 0.25) is 0 Å². The highest BCUT2D eigenvalue weighted by atomic mass is 19.1. The molecule has 3 aromatic heterocycles. The molecule has 4 heterocycles. The Labute approximate surface area is 253 Å². The van der Waals surface area contributed by atoms with Crippen molar-refractivity contribution >= 4 is 16.6 Å². The van der Waals surface area contributed by atoms with Crippen LogP contribution < -0.4 is 25.7 Å². The van der Waals surface area contributed by atoms with Gasteiger partial charge in [0.1, 0.15) is 6.61 Å². The molecule has 8 nitrogen and oxygen atoms in total. The van der Waals surface area contributed by atoms with Gasteiger partial charge in [-0.3, -0.25) is 14.8 Å². The number of halogens is 1. The van der Waals surface area contributed by atoms with Gasteiger partial charge in [-0.15, -0.1) is 0 Å². The van der Waals surface area contributed by atoms with Gasteiger partial charge in [-0.2, -0.15) is 0 Å². The summed E-state index contributed by atoms with van der Waals surface area (Å²) < 4.78 is 22.3. The summed E-state index contributed by atoms with van der Waals surface area (Å²) in [6, 6.07) is 11.6. The zero-order valence-electron chi connectivity index (χ0n) is 25.5. The average molecular weight is 587 g/mol. The van der Waals surface area contributed by atoms with Crippen LogP contribution in [0.1, 0.15) is 60.7 Å².